The smallest absolute Gasteiger partial charge is 0.408 e. The highest BCUT2D eigenvalue weighted by molar-refractivity contribution is 5.81. The van der Waals surface area contributed by atoms with Gasteiger partial charge in [-0.15, -0.1) is 0 Å². The molecule has 1 rings (SSSR count). The molecule has 0 aromatic rings. The van der Waals surface area contributed by atoms with E-state index in [4.69, 9.17) is 9.47 Å². The van der Waals surface area contributed by atoms with Crippen LogP contribution in [0.2, 0.25) is 0 Å². The van der Waals surface area contributed by atoms with Crippen molar-refractivity contribution in [2.45, 2.75) is 84.3 Å². The summed E-state index contributed by atoms with van der Waals surface area (Å²) in [7, 11) is 1.33. The Balaban J connectivity index is 2.36. The van der Waals surface area contributed by atoms with Crippen molar-refractivity contribution in [2.75, 3.05) is 7.11 Å². The number of carbonyl (C=O) groups is 2. The predicted molar refractivity (Wildman–Crippen MR) is 90.1 cm³/mol. The van der Waals surface area contributed by atoms with Crippen LogP contribution in [-0.4, -0.2) is 31.3 Å². The third-order valence-electron chi connectivity index (χ3n) is 4.52. The number of amides is 1. The van der Waals surface area contributed by atoms with Crippen LogP contribution in [0, 0.1) is 11.8 Å². The van der Waals surface area contributed by atoms with Gasteiger partial charge in [-0.05, 0) is 43.9 Å². The van der Waals surface area contributed by atoms with E-state index in [1.54, 1.807) is 0 Å². The second-order valence-electron chi connectivity index (χ2n) is 7.04. The number of unbranched alkanes of at least 4 members (excludes halogenated alkanes) is 1. The highest BCUT2D eigenvalue weighted by Gasteiger charge is 2.27. The van der Waals surface area contributed by atoms with Crippen LogP contribution in [0.25, 0.3) is 0 Å². The second kappa shape index (κ2) is 10.5. The molecular formula is C18H33NO4. The summed E-state index contributed by atoms with van der Waals surface area (Å²) in [6.07, 6.45) is 7.94. The standard InChI is InChI=1S/C18H33NO4/c1-5-6-7-14-8-10-15(11-9-14)23-18(21)19-16(12-13(2)3)17(20)22-4/h13-16H,5-12H2,1-4H3,(H,19,21)/t14?,15?,16-/m0/s1. The molecule has 0 heterocycles. The first-order valence-corrected chi connectivity index (χ1v) is 9.01. The Morgan fingerprint density at radius 3 is 2.35 bits per heavy atom. The molecule has 5 heteroatoms. The number of nitrogens with one attached hydrogen (secondary N) is 1. The number of esters is 1. The van der Waals surface area contributed by atoms with E-state index < -0.39 is 18.1 Å². The summed E-state index contributed by atoms with van der Waals surface area (Å²) in [5, 5.41) is 2.66. The van der Waals surface area contributed by atoms with Gasteiger partial charge in [-0.25, -0.2) is 9.59 Å². The van der Waals surface area contributed by atoms with Gasteiger partial charge in [-0.1, -0.05) is 40.0 Å². The molecule has 0 saturated heterocycles. The highest BCUT2D eigenvalue weighted by atomic mass is 16.6. The number of carbonyl (C=O) groups excluding carboxylic acids is 2. The zero-order chi connectivity index (χ0) is 17.2. The average Bonchev–Trinajstić information content (AvgIpc) is 2.52. The van der Waals surface area contributed by atoms with Crippen LogP contribution in [0.4, 0.5) is 4.79 Å². The summed E-state index contributed by atoms with van der Waals surface area (Å²) in [4.78, 5) is 23.8. The van der Waals surface area contributed by atoms with Crippen molar-refractivity contribution in [2.24, 2.45) is 11.8 Å². The molecule has 1 atom stereocenters. The molecule has 0 spiro atoms. The highest BCUT2D eigenvalue weighted by Crippen LogP contribution is 2.29. The molecule has 0 radical (unpaired) electrons. The Kier molecular flexibility index (Phi) is 9.03. The van der Waals surface area contributed by atoms with E-state index in [9.17, 15) is 9.59 Å². The van der Waals surface area contributed by atoms with Crippen LogP contribution < -0.4 is 5.32 Å². The molecule has 1 amide bonds. The molecule has 1 aliphatic rings. The first-order valence-electron chi connectivity index (χ1n) is 9.01. The minimum Gasteiger partial charge on any atom is -0.467 e. The lowest BCUT2D eigenvalue weighted by molar-refractivity contribution is -0.143. The minimum absolute atomic E-state index is 0.0229. The molecule has 0 bridgehead atoms. The number of hydrogen-bond donors (Lipinski definition) is 1. The van der Waals surface area contributed by atoms with Gasteiger partial charge in [0, 0.05) is 0 Å². The fourth-order valence-electron chi connectivity index (χ4n) is 3.19. The average molecular weight is 327 g/mol. The van der Waals surface area contributed by atoms with Crippen LogP contribution in [0.3, 0.4) is 0 Å². The van der Waals surface area contributed by atoms with Crippen molar-refractivity contribution in [1.29, 1.82) is 0 Å². The topological polar surface area (TPSA) is 64.6 Å². The number of ether oxygens (including phenoxy) is 2. The maximum absolute atomic E-state index is 12.0. The summed E-state index contributed by atoms with van der Waals surface area (Å²) in [5.74, 6) is 0.647. The SMILES string of the molecule is CCCCC1CCC(OC(=O)N[C@@H](CC(C)C)C(=O)OC)CC1. The minimum atomic E-state index is -0.631. The molecule has 1 fully saturated rings. The van der Waals surface area contributed by atoms with Crippen molar-refractivity contribution in [3.05, 3.63) is 0 Å². The van der Waals surface area contributed by atoms with Crippen molar-refractivity contribution in [3.63, 3.8) is 0 Å². The van der Waals surface area contributed by atoms with E-state index in [-0.39, 0.29) is 12.0 Å². The molecule has 1 saturated carbocycles. The fraction of sp³-hybridized carbons (Fsp3) is 0.889. The first-order chi connectivity index (χ1) is 11.0. The third kappa shape index (κ3) is 7.71. The van der Waals surface area contributed by atoms with Gasteiger partial charge in [-0.3, -0.25) is 0 Å². The molecule has 0 unspecified atom stereocenters. The number of methoxy groups -OCH3 is 1. The number of rotatable bonds is 8. The van der Waals surface area contributed by atoms with Gasteiger partial charge in [0.05, 0.1) is 7.11 Å². The van der Waals surface area contributed by atoms with Gasteiger partial charge in [0.25, 0.3) is 0 Å². The number of hydrogen-bond acceptors (Lipinski definition) is 4. The van der Waals surface area contributed by atoms with E-state index in [1.165, 1.54) is 26.4 Å². The zero-order valence-electron chi connectivity index (χ0n) is 15.1. The largest absolute Gasteiger partial charge is 0.467 e. The lowest BCUT2D eigenvalue weighted by Crippen LogP contribution is -2.44. The lowest BCUT2D eigenvalue weighted by Gasteiger charge is -2.29. The van der Waals surface area contributed by atoms with Gasteiger partial charge in [0.15, 0.2) is 0 Å². The van der Waals surface area contributed by atoms with Crippen molar-refractivity contribution in [3.8, 4) is 0 Å². The Morgan fingerprint density at radius 1 is 1.17 bits per heavy atom. The Labute approximate surface area is 140 Å². The quantitative estimate of drug-likeness (QED) is 0.683. The monoisotopic (exact) mass is 327 g/mol. The summed E-state index contributed by atoms with van der Waals surface area (Å²) < 4.78 is 10.2. The van der Waals surface area contributed by atoms with Crippen LogP contribution in [0.15, 0.2) is 0 Å². The van der Waals surface area contributed by atoms with Crippen LogP contribution in [-0.2, 0) is 14.3 Å². The van der Waals surface area contributed by atoms with Crippen molar-refractivity contribution >= 4 is 12.1 Å². The Morgan fingerprint density at radius 2 is 1.83 bits per heavy atom. The van der Waals surface area contributed by atoms with Gasteiger partial charge in [-0.2, -0.15) is 0 Å². The van der Waals surface area contributed by atoms with Crippen LogP contribution >= 0.6 is 0 Å². The maximum atomic E-state index is 12.0. The molecule has 23 heavy (non-hydrogen) atoms. The van der Waals surface area contributed by atoms with E-state index in [2.05, 4.69) is 12.2 Å². The molecule has 1 N–H and O–H groups in total. The Bertz CT molecular complexity index is 362. The summed E-state index contributed by atoms with van der Waals surface area (Å²) >= 11 is 0. The predicted octanol–water partition coefficient (Wildman–Crippen LogP) is 4.05. The molecule has 0 aromatic carbocycles. The van der Waals surface area contributed by atoms with E-state index in [0.717, 1.165) is 31.6 Å². The summed E-state index contributed by atoms with van der Waals surface area (Å²) in [5.41, 5.74) is 0. The van der Waals surface area contributed by atoms with E-state index in [1.807, 2.05) is 13.8 Å². The van der Waals surface area contributed by atoms with Crippen molar-refractivity contribution in [1.82, 2.24) is 5.32 Å². The third-order valence-corrected chi connectivity index (χ3v) is 4.52. The van der Waals surface area contributed by atoms with Crippen molar-refractivity contribution < 1.29 is 19.1 Å². The molecule has 0 aliphatic heterocycles. The normalized spacial score (nSPS) is 22.5. The molecule has 1 aliphatic carbocycles. The molecule has 0 aromatic heterocycles. The van der Waals surface area contributed by atoms with Crippen LogP contribution in [0.1, 0.15) is 72.1 Å². The maximum Gasteiger partial charge on any atom is 0.408 e. The van der Waals surface area contributed by atoms with Gasteiger partial charge in [0.1, 0.15) is 12.1 Å². The first kappa shape index (κ1) is 19.8. The molecular weight excluding hydrogens is 294 g/mol. The van der Waals surface area contributed by atoms with Gasteiger partial charge >= 0.3 is 12.1 Å². The number of alkyl carbamates (subject to hydrolysis) is 1. The Hall–Kier alpha value is -1.26. The zero-order valence-corrected chi connectivity index (χ0v) is 15.1. The van der Waals surface area contributed by atoms with Gasteiger partial charge < -0.3 is 14.8 Å². The van der Waals surface area contributed by atoms with E-state index in [0.29, 0.717) is 6.42 Å². The molecule has 134 valence electrons. The molecule has 5 nitrogen and oxygen atoms in total. The van der Waals surface area contributed by atoms with Gasteiger partial charge in [0.2, 0.25) is 0 Å². The summed E-state index contributed by atoms with van der Waals surface area (Å²) in [6, 6.07) is -0.631. The second-order valence-corrected chi connectivity index (χ2v) is 7.04. The summed E-state index contributed by atoms with van der Waals surface area (Å²) in [6.45, 7) is 6.22. The fourth-order valence-corrected chi connectivity index (χ4v) is 3.19. The van der Waals surface area contributed by atoms with Crippen LogP contribution in [0.5, 0.6) is 0 Å². The van der Waals surface area contributed by atoms with E-state index >= 15 is 0 Å². The lowest BCUT2D eigenvalue weighted by atomic mass is 9.84.